The van der Waals surface area contributed by atoms with Crippen molar-refractivity contribution in [1.29, 1.82) is 0 Å². The summed E-state index contributed by atoms with van der Waals surface area (Å²) in [6, 6.07) is 15.6. The lowest BCUT2D eigenvalue weighted by atomic mass is 10.1. The maximum Gasteiger partial charge on any atom is 0.229 e. The van der Waals surface area contributed by atoms with Crippen LogP contribution in [-0.2, 0) is 6.42 Å². The van der Waals surface area contributed by atoms with Gasteiger partial charge >= 0.3 is 0 Å². The van der Waals surface area contributed by atoms with Crippen LogP contribution < -0.4 is 10.6 Å². The van der Waals surface area contributed by atoms with Gasteiger partial charge in [-0.3, -0.25) is 4.79 Å². The van der Waals surface area contributed by atoms with Crippen LogP contribution in [-0.4, -0.2) is 22.3 Å². The average Bonchev–Trinajstić information content (AvgIpc) is 2.64. The van der Waals surface area contributed by atoms with Crippen LogP contribution in [0.4, 0.5) is 21.8 Å². The fourth-order valence-corrected chi connectivity index (χ4v) is 2.49. The summed E-state index contributed by atoms with van der Waals surface area (Å²) in [5.41, 5.74) is 2.02. The molecule has 2 aromatic carbocycles. The van der Waals surface area contributed by atoms with E-state index in [0.29, 0.717) is 35.9 Å². The van der Waals surface area contributed by atoms with E-state index in [4.69, 9.17) is 0 Å². The van der Waals surface area contributed by atoms with Crippen molar-refractivity contribution in [3.63, 3.8) is 0 Å². The monoisotopic (exact) mass is 350 g/mol. The van der Waals surface area contributed by atoms with E-state index in [2.05, 4.69) is 20.6 Å². The van der Waals surface area contributed by atoms with Crippen LogP contribution in [0.3, 0.4) is 0 Å². The second-order valence-corrected chi connectivity index (χ2v) is 5.80. The molecule has 0 spiro atoms. The number of hydrogen-bond acceptors (Lipinski definition) is 5. The minimum atomic E-state index is -0.204. The number of benzene rings is 2. The van der Waals surface area contributed by atoms with E-state index >= 15 is 0 Å². The molecule has 0 aliphatic heterocycles. The first-order chi connectivity index (χ1) is 12.6. The van der Waals surface area contributed by atoms with Crippen LogP contribution in [0.25, 0.3) is 0 Å². The second kappa shape index (κ2) is 8.20. The Kier molecular flexibility index (Phi) is 5.53. The Hall–Kier alpha value is -3.28. The highest BCUT2D eigenvalue weighted by atomic mass is 19.1. The largest absolute Gasteiger partial charge is 0.370 e. The zero-order valence-corrected chi connectivity index (χ0v) is 14.4. The van der Waals surface area contributed by atoms with E-state index in [0.717, 1.165) is 5.69 Å². The highest BCUT2D eigenvalue weighted by Gasteiger charge is 2.04. The number of Topliss-reactive ketones (excluding diaryl/α,β-unsaturated/α-hetero) is 1. The quantitative estimate of drug-likeness (QED) is 0.625. The van der Waals surface area contributed by atoms with Gasteiger partial charge in [-0.15, -0.1) is 0 Å². The Morgan fingerprint density at radius 2 is 1.96 bits per heavy atom. The van der Waals surface area contributed by atoms with Crippen LogP contribution in [0, 0.1) is 5.82 Å². The molecule has 0 radical (unpaired) electrons. The fourth-order valence-electron chi connectivity index (χ4n) is 2.49. The van der Waals surface area contributed by atoms with Crippen molar-refractivity contribution in [2.24, 2.45) is 0 Å². The third-order valence-corrected chi connectivity index (χ3v) is 3.84. The van der Waals surface area contributed by atoms with Gasteiger partial charge in [-0.1, -0.05) is 30.3 Å². The van der Waals surface area contributed by atoms with Crippen molar-refractivity contribution in [3.8, 4) is 0 Å². The molecular formula is C20H19FN4O. The lowest BCUT2D eigenvalue weighted by molar-refractivity contribution is 0.101. The molecule has 0 atom stereocenters. The summed E-state index contributed by atoms with van der Waals surface area (Å²) >= 11 is 0. The molecule has 0 saturated carbocycles. The van der Waals surface area contributed by atoms with Gasteiger partial charge in [0, 0.05) is 24.0 Å². The van der Waals surface area contributed by atoms with E-state index in [1.807, 2.05) is 12.1 Å². The standard InChI is InChI=1S/C20H19FN4O/c1-14(26)16-6-4-7-17(13-16)24-20-23-12-10-19(25-20)22-11-9-15-5-2-3-8-18(15)21/h2-8,10,12-13H,9,11H2,1H3,(H2,22,23,24,25). The van der Waals surface area contributed by atoms with Crippen LogP contribution in [0.2, 0.25) is 0 Å². The molecule has 1 heterocycles. The van der Waals surface area contributed by atoms with E-state index in [9.17, 15) is 9.18 Å². The molecule has 1 aromatic heterocycles. The van der Waals surface area contributed by atoms with Crippen molar-refractivity contribution in [3.05, 3.63) is 77.7 Å². The van der Waals surface area contributed by atoms with Gasteiger partial charge in [-0.05, 0) is 43.2 Å². The van der Waals surface area contributed by atoms with Crippen molar-refractivity contribution < 1.29 is 9.18 Å². The maximum atomic E-state index is 13.6. The molecule has 5 nitrogen and oxygen atoms in total. The van der Waals surface area contributed by atoms with E-state index in [1.54, 1.807) is 42.6 Å². The Labute approximate surface area is 151 Å². The number of anilines is 3. The molecular weight excluding hydrogens is 331 g/mol. The van der Waals surface area contributed by atoms with E-state index in [1.165, 1.54) is 13.0 Å². The normalized spacial score (nSPS) is 10.4. The van der Waals surface area contributed by atoms with Gasteiger partial charge in [-0.2, -0.15) is 4.98 Å². The molecule has 0 amide bonds. The SMILES string of the molecule is CC(=O)c1cccc(Nc2nccc(NCCc3ccccc3F)n2)c1. The van der Waals surface area contributed by atoms with Gasteiger partial charge in [0.05, 0.1) is 0 Å². The molecule has 2 N–H and O–H groups in total. The fraction of sp³-hybridized carbons (Fsp3) is 0.150. The number of halogens is 1. The molecule has 26 heavy (non-hydrogen) atoms. The molecule has 0 saturated heterocycles. The number of nitrogens with one attached hydrogen (secondary N) is 2. The number of ketones is 1. The summed E-state index contributed by atoms with van der Waals surface area (Å²) in [7, 11) is 0. The Morgan fingerprint density at radius 1 is 1.12 bits per heavy atom. The number of carbonyl (C=O) groups is 1. The molecule has 132 valence electrons. The predicted octanol–water partition coefficient (Wildman–Crippen LogP) is 4.22. The van der Waals surface area contributed by atoms with Crippen molar-refractivity contribution >= 4 is 23.2 Å². The predicted molar refractivity (Wildman–Crippen MR) is 100 cm³/mol. The molecule has 0 bridgehead atoms. The third kappa shape index (κ3) is 4.63. The lowest BCUT2D eigenvalue weighted by Gasteiger charge is -2.09. The molecule has 6 heteroatoms. The Morgan fingerprint density at radius 3 is 2.77 bits per heavy atom. The first kappa shape index (κ1) is 17.5. The van der Waals surface area contributed by atoms with Gasteiger partial charge < -0.3 is 10.6 Å². The zero-order valence-electron chi connectivity index (χ0n) is 14.4. The highest BCUT2D eigenvalue weighted by molar-refractivity contribution is 5.95. The first-order valence-corrected chi connectivity index (χ1v) is 8.30. The van der Waals surface area contributed by atoms with Crippen molar-refractivity contribution in [1.82, 2.24) is 9.97 Å². The number of hydrogen-bond donors (Lipinski definition) is 2. The van der Waals surface area contributed by atoms with Crippen LogP contribution in [0.5, 0.6) is 0 Å². The summed E-state index contributed by atoms with van der Waals surface area (Å²) in [5.74, 6) is 0.853. The summed E-state index contributed by atoms with van der Waals surface area (Å²) < 4.78 is 13.6. The maximum absolute atomic E-state index is 13.6. The van der Waals surface area contributed by atoms with Gasteiger partial charge in [0.25, 0.3) is 0 Å². The van der Waals surface area contributed by atoms with Crippen LogP contribution in [0.15, 0.2) is 60.8 Å². The lowest BCUT2D eigenvalue weighted by Crippen LogP contribution is -2.08. The summed E-state index contributed by atoms with van der Waals surface area (Å²) in [6.07, 6.45) is 2.19. The zero-order chi connectivity index (χ0) is 18.4. The van der Waals surface area contributed by atoms with Gasteiger partial charge in [0.2, 0.25) is 5.95 Å². The first-order valence-electron chi connectivity index (χ1n) is 8.30. The number of aromatic nitrogens is 2. The second-order valence-electron chi connectivity index (χ2n) is 5.80. The molecule has 0 unspecified atom stereocenters. The van der Waals surface area contributed by atoms with E-state index in [-0.39, 0.29) is 11.6 Å². The molecule has 0 fully saturated rings. The van der Waals surface area contributed by atoms with Crippen molar-refractivity contribution in [2.75, 3.05) is 17.2 Å². The van der Waals surface area contributed by atoms with Gasteiger partial charge in [-0.25, -0.2) is 9.37 Å². The van der Waals surface area contributed by atoms with Gasteiger partial charge in [0.15, 0.2) is 5.78 Å². The number of carbonyl (C=O) groups excluding carboxylic acids is 1. The number of nitrogens with zero attached hydrogens (tertiary/aromatic N) is 2. The van der Waals surface area contributed by atoms with Crippen LogP contribution >= 0.6 is 0 Å². The highest BCUT2D eigenvalue weighted by Crippen LogP contribution is 2.16. The number of rotatable bonds is 7. The Balaban J connectivity index is 1.62. The van der Waals surface area contributed by atoms with E-state index < -0.39 is 0 Å². The smallest absolute Gasteiger partial charge is 0.229 e. The summed E-state index contributed by atoms with van der Waals surface area (Å²) in [6.45, 7) is 2.08. The molecule has 0 aliphatic carbocycles. The van der Waals surface area contributed by atoms with Crippen molar-refractivity contribution in [2.45, 2.75) is 13.3 Å². The van der Waals surface area contributed by atoms with Crippen LogP contribution in [0.1, 0.15) is 22.8 Å². The average molecular weight is 350 g/mol. The molecule has 0 aliphatic rings. The third-order valence-electron chi connectivity index (χ3n) is 3.84. The molecule has 3 rings (SSSR count). The topological polar surface area (TPSA) is 66.9 Å². The summed E-state index contributed by atoms with van der Waals surface area (Å²) in [4.78, 5) is 20.0. The minimum absolute atomic E-state index is 0.00173. The van der Waals surface area contributed by atoms with Gasteiger partial charge in [0.1, 0.15) is 11.6 Å². The Bertz CT molecular complexity index is 914. The molecule has 3 aromatic rings. The minimum Gasteiger partial charge on any atom is -0.370 e. The summed E-state index contributed by atoms with van der Waals surface area (Å²) in [5, 5.41) is 6.25.